The van der Waals surface area contributed by atoms with Crippen molar-refractivity contribution in [3.05, 3.63) is 0 Å². The van der Waals surface area contributed by atoms with Gasteiger partial charge in [0.15, 0.2) is 5.96 Å². The number of hydrogen-bond donors (Lipinski definition) is 2. The van der Waals surface area contributed by atoms with Gasteiger partial charge in [-0.2, -0.15) is 0 Å². The van der Waals surface area contributed by atoms with Crippen LogP contribution in [0.1, 0.15) is 27.2 Å². The first kappa shape index (κ1) is 18.9. The molecule has 5 nitrogen and oxygen atoms in total. The number of guanidine groups is 1. The zero-order valence-corrected chi connectivity index (χ0v) is 14.7. The molecule has 0 aromatic rings. The highest BCUT2D eigenvalue weighted by Crippen LogP contribution is 2.03. The summed E-state index contributed by atoms with van der Waals surface area (Å²) in [6, 6.07) is 0.430. The first-order chi connectivity index (χ1) is 8.59. The summed E-state index contributed by atoms with van der Waals surface area (Å²) in [5.41, 5.74) is 5.83. The van der Waals surface area contributed by atoms with E-state index in [1.807, 2.05) is 0 Å². The summed E-state index contributed by atoms with van der Waals surface area (Å²) in [4.78, 5) is 6.79. The lowest BCUT2D eigenvalue weighted by Gasteiger charge is -2.31. The third-order valence-corrected chi connectivity index (χ3v) is 3.22. The van der Waals surface area contributed by atoms with Crippen molar-refractivity contribution in [2.24, 2.45) is 16.6 Å². The van der Waals surface area contributed by atoms with Gasteiger partial charge in [0.1, 0.15) is 0 Å². The molecular weight excluding hydrogens is 355 g/mol. The fraction of sp³-hybridized carbons (Fsp3) is 0.923. The van der Waals surface area contributed by atoms with Gasteiger partial charge in [-0.15, -0.1) is 24.0 Å². The lowest BCUT2D eigenvalue weighted by Crippen LogP contribution is -2.44. The summed E-state index contributed by atoms with van der Waals surface area (Å²) < 4.78 is 5.34. The second-order valence-corrected chi connectivity index (χ2v) is 5.33. The maximum atomic E-state index is 5.83. The Balaban J connectivity index is 0.00000324. The van der Waals surface area contributed by atoms with E-state index in [0.717, 1.165) is 45.8 Å². The van der Waals surface area contributed by atoms with Gasteiger partial charge in [-0.25, -0.2) is 0 Å². The van der Waals surface area contributed by atoms with Crippen molar-refractivity contribution >= 4 is 29.9 Å². The van der Waals surface area contributed by atoms with Crippen molar-refractivity contribution in [3.63, 3.8) is 0 Å². The molecule has 1 atom stereocenters. The minimum atomic E-state index is 0. The number of hydrogen-bond acceptors (Lipinski definition) is 3. The Morgan fingerprint density at radius 1 is 1.32 bits per heavy atom. The van der Waals surface area contributed by atoms with Crippen LogP contribution in [0.2, 0.25) is 0 Å². The van der Waals surface area contributed by atoms with Crippen LogP contribution in [0.4, 0.5) is 0 Å². The predicted molar refractivity (Wildman–Crippen MR) is 91.2 cm³/mol. The summed E-state index contributed by atoms with van der Waals surface area (Å²) in [5, 5.41) is 3.16. The number of morpholine rings is 1. The normalized spacial score (nSPS) is 19.1. The molecule has 1 heterocycles. The quantitative estimate of drug-likeness (QED) is 0.412. The second-order valence-electron chi connectivity index (χ2n) is 5.33. The first-order valence-corrected chi connectivity index (χ1v) is 6.95. The SMILES string of the molecule is CC(C)CCNC(N)=NCC(C)N1CCOCC1.I. The van der Waals surface area contributed by atoms with Gasteiger partial charge in [0.25, 0.3) is 0 Å². The average Bonchev–Trinajstić information content (AvgIpc) is 2.36. The number of halogens is 1. The van der Waals surface area contributed by atoms with Gasteiger partial charge in [-0.1, -0.05) is 13.8 Å². The standard InChI is InChI=1S/C13H28N4O.HI/c1-11(2)4-5-15-13(14)16-10-12(3)17-6-8-18-9-7-17;/h11-12H,4-10H2,1-3H3,(H3,14,15,16);1H. The number of nitrogens with two attached hydrogens (primary N) is 1. The molecule has 1 aliphatic heterocycles. The number of ether oxygens (including phenoxy) is 1. The summed E-state index contributed by atoms with van der Waals surface area (Å²) in [5.74, 6) is 1.26. The van der Waals surface area contributed by atoms with Crippen molar-refractivity contribution in [2.75, 3.05) is 39.4 Å². The summed E-state index contributed by atoms with van der Waals surface area (Å²) >= 11 is 0. The maximum absolute atomic E-state index is 5.83. The molecule has 1 rings (SSSR count). The van der Waals surface area contributed by atoms with Crippen LogP contribution in [-0.2, 0) is 4.74 Å². The molecule has 0 aromatic heterocycles. The number of aliphatic imine (C=N–C) groups is 1. The molecule has 0 aliphatic carbocycles. The van der Waals surface area contributed by atoms with E-state index in [-0.39, 0.29) is 24.0 Å². The highest BCUT2D eigenvalue weighted by atomic mass is 127. The van der Waals surface area contributed by atoms with Gasteiger partial charge < -0.3 is 15.8 Å². The zero-order valence-electron chi connectivity index (χ0n) is 12.4. The third kappa shape index (κ3) is 8.65. The number of nitrogens with one attached hydrogen (secondary N) is 1. The molecule has 1 fully saturated rings. The second kappa shape index (κ2) is 10.7. The molecule has 0 saturated carbocycles. The van der Waals surface area contributed by atoms with Crippen LogP contribution in [0, 0.1) is 5.92 Å². The maximum Gasteiger partial charge on any atom is 0.188 e. The van der Waals surface area contributed by atoms with Crippen molar-refractivity contribution < 1.29 is 4.74 Å². The van der Waals surface area contributed by atoms with Gasteiger partial charge in [0.2, 0.25) is 0 Å². The van der Waals surface area contributed by atoms with Crippen molar-refractivity contribution in [3.8, 4) is 0 Å². The predicted octanol–water partition coefficient (Wildman–Crippen LogP) is 1.28. The lowest BCUT2D eigenvalue weighted by atomic mass is 10.1. The fourth-order valence-corrected chi connectivity index (χ4v) is 1.91. The molecule has 114 valence electrons. The number of rotatable bonds is 6. The smallest absolute Gasteiger partial charge is 0.188 e. The van der Waals surface area contributed by atoms with Gasteiger partial charge in [0, 0.05) is 25.7 Å². The molecule has 0 bridgehead atoms. The minimum absolute atomic E-state index is 0. The number of nitrogens with zero attached hydrogens (tertiary/aromatic N) is 2. The van der Waals surface area contributed by atoms with Crippen LogP contribution in [0.25, 0.3) is 0 Å². The van der Waals surface area contributed by atoms with Gasteiger partial charge in [0.05, 0.1) is 19.8 Å². The van der Waals surface area contributed by atoms with Crippen LogP contribution in [0.5, 0.6) is 0 Å². The van der Waals surface area contributed by atoms with E-state index in [2.05, 4.69) is 36.0 Å². The Hall–Kier alpha value is -0.0800. The van der Waals surface area contributed by atoms with E-state index in [1.165, 1.54) is 0 Å². The summed E-state index contributed by atoms with van der Waals surface area (Å²) in [6.07, 6.45) is 1.12. The molecular formula is C13H29IN4O. The minimum Gasteiger partial charge on any atom is -0.379 e. The van der Waals surface area contributed by atoms with Crippen molar-refractivity contribution in [1.82, 2.24) is 10.2 Å². The van der Waals surface area contributed by atoms with Gasteiger partial charge in [-0.05, 0) is 19.3 Å². The summed E-state index contributed by atoms with van der Waals surface area (Å²) in [7, 11) is 0. The monoisotopic (exact) mass is 384 g/mol. The highest BCUT2D eigenvalue weighted by Gasteiger charge is 2.16. The Morgan fingerprint density at radius 3 is 2.53 bits per heavy atom. The zero-order chi connectivity index (χ0) is 13.4. The molecule has 0 amide bonds. The Labute approximate surface area is 134 Å². The Bertz CT molecular complexity index is 255. The van der Waals surface area contributed by atoms with Crippen LogP contribution in [0.15, 0.2) is 4.99 Å². The highest BCUT2D eigenvalue weighted by molar-refractivity contribution is 14.0. The van der Waals surface area contributed by atoms with Crippen LogP contribution in [-0.4, -0.2) is 56.3 Å². The van der Waals surface area contributed by atoms with E-state index < -0.39 is 0 Å². The fourth-order valence-electron chi connectivity index (χ4n) is 1.91. The summed E-state index contributed by atoms with van der Waals surface area (Å²) in [6.45, 7) is 11.9. The van der Waals surface area contributed by atoms with E-state index in [0.29, 0.717) is 17.9 Å². The molecule has 1 saturated heterocycles. The topological polar surface area (TPSA) is 62.9 Å². The van der Waals surface area contributed by atoms with E-state index in [9.17, 15) is 0 Å². The first-order valence-electron chi connectivity index (χ1n) is 6.95. The van der Waals surface area contributed by atoms with Crippen molar-refractivity contribution in [2.45, 2.75) is 33.2 Å². The molecule has 19 heavy (non-hydrogen) atoms. The van der Waals surface area contributed by atoms with Crippen LogP contribution in [0.3, 0.4) is 0 Å². The van der Waals surface area contributed by atoms with Crippen molar-refractivity contribution in [1.29, 1.82) is 0 Å². The molecule has 0 aromatic carbocycles. The average molecular weight is 384 g/mol. The molecule has 6 heteroatoms. The largest absolute Gasteiger partial charge is 0.379 e. The van der Waals surface area contributed by atoms with E-state index in [4.69, 9.17) is 10.5 Å². The van der Waals surface area contributed by atoms with Crippen LogP contribution < -0.4 is 11.1 Å². The lowest BCUT2D eigenvalue weighted by molar-refractivity contribution is 0.0220. The molecule has 1 unspecified atom stereocenters. The van der Waals surface area contributed by atoms with Crippen LogP contribution >= 0.6 is 24.0 Å². The molecule has 1 aliphatic rings. The van der Waals surface area contributed by atoms with Gasteiger partial charge >= 0.3 is 0 Å². The van der Waals surface area contributed by atoms with E-state index in [1.54, 1.807) is 0 Å². The third-order valence-electron chi connectivity index (χ3n) is 3.22. The van der Waals surface area contributed by atoms with Gasteiger partial charge in [-0.3, -0.25) is 9.89 Å². The Kier molecular flexibility index (Phi) is 10.6. The molecule has 0 spiro atoms. The Morgan fingerprint density at radius 2 is 1.95 bits per heavy atom. The molecule has 3 N–H and O–H groups in total. The molecule has 0 radical (unpaired) electrons. The van der Waals surface area contributed by atoms with E-state index >= 15 is 0 Å².